The first-order chi connectivity index (χ1) is 16.7. The lowest BCUT2D eigenvalue weighted by Gasteiger charge is -2.41. The largest absolute Gasteiger partial charge is 0.495 e. The highest BCUT2D eigenvalue weighted by Crippen LogP contribution is 2.37. The van der Waals surface area contributed by atoms with E-state index in [1.54, 1.807) is 37.3 Å². The number of aromatic nitrogens is 1. The van der Waals surface area contributed by atoms with E-state index in [9.17, 15) is 14.7 Å². The van der Waals surface area contributed by atoms with Gasteiger partial charge in [-0.1, -0.05) is 0 Å². The number of ether oxygens (including phenoxy) is 1. The molecule has 0 saturated heterocycles. The standard InChI is InChI=1S/C26H35N5O4/c1-15(2)31-16(3)26(34)30(4)21-12-13-23(29-24(21)31)28-20-11-6-17(14-22(20)35-5)25(33)27-18-7-9-19(32)10-8-18/h6,11-16,18-19,32H,7-10H2,1-5H3,(H,27,33)(H,28,29)/t16-,18?,19?/m1/s1. The van der Waals surface area contributed by atoms with Crippen LogP contribution in [0.15, 0.2) is 30.3 Å². The van der Waals surface area contributed by atoms with Gasteiger partial charge < -0.3 is 30.3 Å². The number of carbonyl (C=O) groups is 2. The van der Waals surface area contributed by atoms with Crippen molar-refractivity contribution in [2.24, 2.45) is 0 Å². The van der Waals surface area contributed by atoms with Gasteiger partial charge in [0.25, 0.3) is 5.91 Å². The van der Waals surface area contributed by atoms with Gasteiger partial charge in [0.15, 0.2) is 5.82 Å². The topological polar surface area (TPSA) is 107 Å². The predicted octanol–water partition coefficient (Wildman–Crippen LogP) is 3.45. The molecule has 1 fully saturated rings. The molecule has 2 heterocycles. The highest BCUT2D eigenvalue weighted by atomic mass is 16.5. The maximum atomic E-state index is 12.8. The van der Waals surface area contributed by atoms with E-state index >= 15 is 0 Å². The van der Waals surface area contributed by atoms with Gasteiger partial charge >= 0.3 is 0 Å². The molecule has 9 heteroatoms. The molecule has 0 unspecified atom stereocenters. The molecule has 35 heavy (non-hydrogen) atoms. The summed E-state index contributed by atoms with van der Waals surface area (Å²) in [7, 11) is 3.33. The molecule has 9 nitrogen and oxygen atoms in total. The number of likely N-dealkylation sites (N-methyl/N-ethyl adjacent to an activating group) is 1. The molecule has 1 aliphatic heterocycles. The highest BCUT2D eigenvalue weighted by molar-refractivity contribution is 6.04. The summed E-state index contributed by atoms with van der Waals surface area (Å²) < 4.78 is 5.57. The summed E-state index contributed by atoms with van der Waals surface area (Å²) in [5.41, 5.74) is 1.96. The SMILES string of the molecule is COc1cc(C(=O)NC2CCC(O)CC2)ccc1Nc1ccc2c(n1)N(C(C)C)[C@H](C)C(=O)N2C. The van der Waals surface area contributed by atoms with Crippen LogP contribution in [0.3, 0.4) is 0 Å². The summed E-state index contributed by atoms with van der Waals surface area (Å²) in [6.45, 7) is 5.98. The van der Waals surface area contributed by atoms with Gasteiger partial charge in [0.2, 0.25) is 5.91 Å². The molecule has 2 aliphatic rings. The minimum absolute atomic E-state index is 0.0358. The van der Waals surface area contributed by atoms with Gasteiger partial charge in [-0.25, -0.2) is 4.98 Å². The molecule has 188 valence electrons. The van der Waals surface area contributed by atoms with Gasteiger partial charge in [-0.15, -0.1) is 0 Å². The first-order valence-corrected chi connectivity index (χ1v) is 12.2. The maximum absolute atomic E-state index is 12.8. The second kappa shape index (κ2) is 10.1. The van der Waals surface area contributed by atoms with Crippen molar-refractivity contribution < 1.29 is 19.4 Å². The number of amides is 2. The number of hydrogen-bond acceptors (Lipinski definition) is 7. The van der Waals surface area contributed by atoms with Crippen LogP contribution in [-0.4, -0.2) is 60.3 Å². The zero-order valence-corrected chi connectivity index (χ0v) is 21.0. The van der Waals surface area contributed by atoms with Crippen molar-refractivity contribution in [2.75, 3.05) is 29.3 Å². The Hall–Kier alpha value is -3.33. The number of methoxy groups -OCH3 is 1. The Morgan fingerprint density at radius 2 is 1.89 bits per heavy atom. The summed E-state index contributed by atoms with van der Waals surface area (Å²) in [6, 6.07) is 8.85. The van der Waals surface area contributed by atoms with Crippen LogP contribution >= 0.6 is 0 Å². The first kappa shape index (κ1) is 24.8. The molecule has 3 N–H and O–H groups in total. The lowest BCUT2D eigenvalue weighted by atomic mass is 9.93. The van der Waals surface area contributed by atoms with Crippen LogP contribution in [0.4, 0.5) is 23.0 Å². The van der Waals surface area contributed by atoms with Gasteiger partial charge in [-0.05, 0) is 76.8 Å². The quantitative estimate of drug-likeness (QED) is 0.580. The van der Waals surface area contributed by atoms with E-state index in [0.29, 0.717) is 35.7 Å². The number of benzene rings is 1. The normalized spacial score (nSPS) is 22.1. The second-order valence-electron chi connectivity index (χ2n) is 9.63. The first-order valence-electron chi connectivity index (χ1n) is 12.2. The minimum Gasteiger partial charge on any atom is -0.495 e. The third-order valence-electron chi connectivity index (χ3n) is 6.88. The Balaban J connectivity index is 1.54. The van der Waals surface area contributed by atoms with E-state index in [2.05, 4.69) is 10.6 Å². The van der Waals surface area contributed by atoms with Gasteiger partial charge in [-0.3, -0.25) is 9.59 Å². The van der Waals surface area contributed by atoms with E-state index in [1.807, 2.05) is 37.8 Å². The molecule has 4 rings (SSSR count). The minimum atomic E-state index is -0.310. The summed E-state index contributed by atoms with van der Waals surface area (Å²) in [5.74, 6) is 1.76. The van der Waals surface area contributed by atoms with Crippen LogP contribution in [0.2, 0.25) is 0 Å². The lowest BCUT2D eigenvalue weighted by Crippen LogP contribution is -2.53. The van der Waals surface area contributed by atoms with Crippen LogP contribution in [0.5, 0.6) is 5.75 Å². The predicted molar refractivity (Wildman–Crippen MR) is 137 cm³/mol. The van der Waals surface area contributed by atoms with Crippen LogP contribution in [0, 0.1) is 0 Å². The molecule has 2 aromatic rings. The van der Waals surface area contributed by atoms with Gasteiger partial charge in [-0.2, -0.15) is 0 Å². The lowest BCUT2D eigenvalue weighted by molar-refractivity contribution is -0.119. The van der Waals surface area contributed by atoms with Gasteiger partial charge in [0.05, 0.1) is 24.6 Å². The Kier molecular flexibility index (Phi) is 7.16. The summed E-state index contributed by atoms with van der Waals surface area (Å²) in [5, 5.41) is 16.0. The van der Waals surface area contributed by atoms with E-state index in [-0.39, 0.29) is 36.0 Å². The summed E-state index contributed by atoms with van der Waals surface area (Å²) in [4.78, 5) is 34.0. The Bertz CT molecular complexity index is 1100. The number of rotatable bonds is 6. The van der Waals surface area contributed by atoms with Crippen LogP contribution in [0.25, 0.3) is 0 Å². The Morgan fingerprint density at radius 3 is 2.54 bits per heavy atom. The van der Waals surface area contributed by atoms with Crippen molar-refractivity contribution in [3.63, 3.8) is 0 Å². The third kappa shape index (κ3) is 5.05. The fourth-order valence-corrected chi connectivity index (χ4v) is 4.92. The number of anilines is 4. The van der Waals surface area contributed by atoms with Crippen molar-refractivity contribution in [3.8, 4) is 5.75 Å². The summed E-state index contributed by atoms with van der Waals surface area (Å²) >= 11 is 0. The van der Waals surface area contributed by atoms with Gasteiger partial charge in [0, 0.05) is 24.7 Å². The summed E-state index contributed by atoms with van der Waals surface area (Å²) in [6.07, 6.45) is 2.72. The third-order valence-corrected chi connectivity index (χ3v) is 6.88. The van der Waals surface area contributed by atoms with Crippen LogP contribution in [0.1, 0.15) is 56.8 Å². The van der Waals surface area contributed by atoms with Crippen LogP contribution in [-0.2, 0) is 4.79 Å². The molecule has 1 atom stereocenters. The highest BCUT2D eigenvalue weighted by Gasteiger charge is 2.36. The molecule has 0 bridgehead atoms. The second-order valence-corrected chi connectivity index (χ2v) is 9.63. The maximum Gasteiger partial charge on any atom is 0.251 e. The number of nitrogens with zero attached hydrogens (tertiary/aromatic N) is 3. The fraction of sp³-hybridized carbons (Fsp3) is 0.500. The molecular formula is C26H35N5O4. The number of fused-ring (bicyclic) bond motifs is 1. The number of hydrogen-bond donors (Lipinski definition) is 3. The van der Waals surface area contributed by atoms with E-state index in [0.717, 1.165) is 24.3 Å². The monoisotopic (exact) mass is 481 g/mol. The molecule has 0 radical (unpaired) electrons. The van der Waals surface area contributed by atoms with E-state index in [4.69, 9.17) is 9.72 Å². The number of aliphatic hydroxyl groups excluding tert-OH is 1. The Labute approximate surface area is 206 Å². The van der Waals surface area contributed by atoms with Crippen LogP contribution < -0.4 is 25.2 Å². The van der Waals surface area contributed by atoms with E-state index < -0.39 is 0 Å². The molecule has 1 saturated carbocycles. The zero-order valence-electron chi connectivity index (χ0n) is 21.0. The van der Waals surface area contributed by atoms with Crippen molar-refractivity contribution in [1.82, 2.24) is 10.3 Å². The molecule has 2 amide bonds. The number of pyridine rings is 1. The average molecular weight is 482 g/mol. The van der Waals surface area contributed by atoms with Crippen molar-refractivity contribution >= 4 is 34.8 Å². The Morgan fingerprint density at radius 1 is 1.17 bits per heavy atom. The molecule has 1 aromatic carbocycles. The molecule has 0 spiro atoms. The zero-order chi connectivity index (χ0) is 25.3. The molecule has 1 aliphatic carbocycles. The molecule has 1 aromatic heterocycles. The number of carbonyl (C=O) groups excluding carboxylic acids is 2. The number of nitrogens with one attached hydrogen (secondary N) is 2. The average Bonchev–Trinajstić information content (AvgIpc) is 2.84. The molecular weight excluding hydrogens is 446 g/mol. The van der Waals surface area contributed by atoms with Crippen molar-refractivity contribution in [2.45, 2.75) is 70.7 Å². The fourth-order valence-electron chi connectivity index (χ4n) is 4.92. The van der Waals surface area contributed by atoms with Crippen molar-refractivity contribution in [3.05, 3.63) is 35.9 Å². The van der Waals surface area contributed by atoms with E-state index in [1.165, 1.54) is 0 Å². The van der Waals surface area contributed by atoms with Gasteiger partial charge in [0.1, 0.15) is 17.6 Å². The number of aliphatic hydroxyl groups is 1. The van der Waals surface area contributed by atoms with Crippen molar-refractivity contribution in [1.29, 1.82) is 0 Å². The smallest absolute Gasteiger partial charge is 0.251 e.